The maximum Gasteiger partial charge on any atom is 0.260 e. The van der Waals surface area contributed by atoms with Gasteiger partial charge < -0.3 is 15.8 Å². The second-order valence-corrected chi connectivity index (χ2v) is 7.13. The zero-order chi connectivity index (χ0) is 20.3. The summed E-state index contributed by atoms with van der Waals surface area (Å²) in [4.78, 5) is 24.0. The monoisotopic (exact) mass is 381 g/mol. The summed E-state index contributed by atoms with van der Waals surface area (Å²) in [5, 5.41) is 2.99. The number of anilines is 1. The predicted molar refractivity (Wildman–Crippen MR) is 112 cm³/mol. The largest absolute Gasteiger partial charge is 0.384 e. The van der Waals surface area contributed by atoms with Crippen molar-refractivity contribution in [2.75, 3.05) is 25.6 Å². The number of nitrogens with two attached hydrogens (primary N) is 1. The third-order valence-electron chi connectivity index (χ3n) is 4.83. The van der Waals surface area contributed by atoms with Gasteiger partial charge in [-0.2, -0.15) is 0 Å². The van der Waals surface area contributed by atoms with Gasteiger partial charge in [0.1, 0.15) is 17.5 Å². The standard InChI is InChI=1S/C21H27N5O2/c1-13(2)17-10-18(15-7-8-19(23-4)24-11-15)21(27)26(20(17)25-14(3)22)16-6-5-9-28-12-16/h7-8,10-11,16H,3,5-6,9,12,22H2,1-2,4H3,(H,23,24)/b25-20+. The molecule has 1 atom stereocenters. The van der Waals surface area contributed by atoms with Crippen LogP contribution in [0.5, 0.6) is 0 Å². The number of carbonyl (C=O) groups excluding carboxylic acids is 1. The lowest BCUT2D eigenvalue weighted by atomic mass is 9.93. The molecule has 1 saturated heterocycles. The van der Waals surface area contributed by atoms with Crippen LogP contribution in [-0.2, 0) is 9.53 Å². The Hall–Kier alpha value is -2.93. The minimum Gasteiger partial charge on any atom is -0.384 e. The van der Waals surface area contributed by atoms with E-state index in [9.17, 15) is 4.79 Å². The Morgan fingerprint density at radius 1 is 1.43 bits per heavy atom. The first-order valence-electron chi connectivity index (χ1n) is 9.40. The first-order chi connectivity index (χ1) is 13.4. The van der Waals surface area contributed by atoms with Crippen LogP contribution in [0, 0.1) is 0 Å². The van der Waals surface area contributed by atoms with Gasteiger partial charge in [0.15, 0.2) is 0 Å². The zero-order valence-corrected chi connectivity index (χ0v) is 16.7. The fourth-order valence-electron chi connectivity index (χ4n) is 3.42. The third-order valence-corrected chi connectivity index (χ3v) is 4.83. The minimum atomic E-state index is -0.125. The van der Waals surface area contributed by atoms with Crippen LogP contribution in [0.3, 0.4) is 0 Å². The van der Waals surface area contributed by atoms with Gasteiger partial charge >= 0.3 is 0 Å². The number of amidine groups is 1. The molecule has 0 spiro atoms. The topological polar surface area (TPSA) is 92.8 Å². The molecule has 1 amide bonds. The summed E-state index contributed by atoms with van der Waals surface area (Å²) in [5.41, 5.74) is 9.03. The smallest absolute Gasteiger partial charge is 0.260 e. The molecule has 1 aromatic heterocycles. The summed E-state index contributed by atoms with van der Waals surface area (Å²) in [6.07, 6.45) is 5.32. The molecular weight excluding hydrogens is 354 g/mol. The van der Waals surface area contributed by atoms with Crippen LogP contribution in [0.25, 0.3) is 5.57 Å². The highest BCUT2D eigenvalue weighted by atomic mass is 16.5. The van der Waals surface area contributed by atoms with Crippen molar-refractivity contribution in [2.45, 2.75) is 32.7 Å². The summed E-state index contributed by atoms with van der Waals surface area (Å²) in [6.45, 7) is 8.87. The zero-order valence-electron chi connectivity index (χ0n) is 16.7. The van der Waals surface area contributed by atoms with E-state index in [0.29, 0.717) is 24.6 Å². The Kier molecular flexibility index (Phi) is 5.94. The van der Waals surface area contributed by atoms with Gasteiger partial charge in [0.25, 0.3) is 5.91 Å². The Balaban J connectivity index is 2.14. The number of pyridine rings is 1. The quantitative estimate of drug-likeness (QED) is 0.836. The highest BCUT2D eigenvalue weighted by Gasteiger charge is 2.37. The number of amides is 1. The number of hydrogen-bond donors (Lipinski definition) is 2. The molecular formula is C21H27N5O2. The molecule has 148 valence electrons. The van der Waals surface area contributed by atoms with Crippen molar-refractivity contribution in [3.05, 3.63) is 53.5 Å². The van der Waals surface area contributed by atoms with E-state index in [-0.39, 0.29) is 17.8 Å². The van der Waals surface area contributed by atoms with E-state index >= 15 is 0 Å². The molecule has 0 aromatic carbocycles. The molecule has 1 unspecified atom stereocenters. The molecule has 2 aliphatic rings. The number of rotatable bonds is 4. The summed E-state index contributed by atoms with van der Waals surface area (Å²) >= 11 is 0. The molecule has 0 aliphatic carbocycles. The molecule has 7 nitrogen and oxygen atoms in total. The molecule has 28 heavy (non-hydrogen) atoms. The van der Waals surface area contributed by atoms with Crippen LogP contribution in [-0.4, -0.2) is 47.9 Å². The van der Waals surface area contributed by atoms with Gasteiger partial charge in [-0.15, -0.1) is 0 Å². The number of nitrogens with zero attached hydrogens (tertiary/aromatic N) is 3. The van der Waals surface area contributed by atoms with Crippen molar-refractivity contribution >= 4 is 23.1 Å². The first kappa shape index (κ1) is 19.8. The molecule has 3 heterocycles. The normalized spacial score (nSPS) is 21.5. The van der Waals surface area contributed by atoms with Crippen molar-refractivity contribution in [1.29, 1.82) is 0 Å². The SMILES string of the molecule is C=C(N)/N=C1\C(=C(C)C)C=C(c2ccc(NC)nc2)C(=O)N1C1CCCOC1. The van der Waals surface area contributed by atoms with Gasteiger partial charge in [-0.1, -0.05) is 12.2 Å². The molecule has 0 radical (unpaired) electrons. The van der Waals surface area contributed by atoms with Gasteiger partial charge in [-0.05, 0) is 44.9 Å². The summed E-state index contributed by atoms with van der Waals surface area (Å²) in [7, 11) is 1.81. The van der Waals surface area contributed by atoms with E-state index in [0.717, 1.165) is 35.4 Å². The molecule has 2 aliphatic heterocycles. The van der Waals surface area contributed by atoms with E-state index in [1.807, 2.05) is 39.1 Å². The molecule has 1 fully saturated rings. The summed E-state index contributed by atoms with van der Waals surface area (Å²) in [5.74, 6) is 1.32. The highest BCUT2D eigenvalue weighted by molar-refractivity contribution is 6.31. The lowest BCUT2D eigenvalue weighted by molar-refractivity contribution is -0.125. The van der Waals surface area contributed by atoms with E-state index in [1.165, 1.54) is 0 Å². The second-order valence-electron chi connectivity index (χ2n) is 7.13. The number of hydrogen-bond acceptors (Lipinski definition) is 6. The van der Waals surface area contributed by atoms with Gasteiger partial charge in [0, 0.05) is 36.6 Å². The Bertz CT molecular complexity index is 857. The minimum absolute atomic E-state index is 0.0954. The number of nitrogens with one attached hydrogen (secondary N) is 1. The number of allylic oxidation sites excluding steroid dienone is 1. The van der Waals surface area contributed by atoms with Crippen LogP contribution in [0.2, 0.25) is 0 Å². The predicted octanol–water partition coefficient (Wildman–Crippen LogP) is 2.69. The Labute approximate surface area is 165 Å². The second kappa shape index (κ2) is 8.39. The van der Waals surface area contributed by atoms with Gasteiger partial charge in [0.2, 0.25) is 0 Å². The van der Waals surface area contributed by atoms with E-state index < -0.39 is 0 Å². The van der Waals surface area contributed by atoms with Crippen molar-refractivity contribution in [2.24, 2.45) is 10.7 Å². The van der Waals surface area contributed by atoms with Crippen LogP contribution >= 0.6 is 0 Å². The maximum atomic E-state index is 13.5. The fourth-order valence-corrected chi connectivity index (χ4v) is 3.42. The summed E-state index contributed by atoms with van der Waals surface area (Å²) in [6, 6.07) is 3.65. The third kappa shape index (κ3) is 3.99. The lowest BCUT2D eigenvalue weighted by Crippen LogP contribution is -2.51. The van der Waals surface area contributed by atoms with Gasteiger partial charge in [0.05, 0.1) is 12.6 Å². The average Bonchev–Trinajstić information content (AvgIpc) is 2.68. The Morgan fingerprint density at radius 3 is 2.75 bits per heavy atom. The first-order valence-corrected chi connectivity index (χ1v) is 9.40. The molecule has 0 saturated carbocycles. The number of aliphatic imine (C=N–C) groups is 1. The van der Waals surface area contributed by atoms with Crippen LogP contribution < -0.4 is 11.1 Å². The number of ether oxygens (including phenoxy) is 1. The van der Waals surface area contributed by atoms with Gasteiger partial charge in [-0.25, -0.2) is 9.98 Å². The van der Waals surface area contributed by atoms with Crippen LogP contribution in [0.1, 0.15) is 32.3 Å². The van der Waals surface area contributed by atoms with Crippen molar-refractivity contribution in [3.63, 3.8) is 0 Å². The molecule has 3 rings (SSSR count). The molecule has 7 heteroatoms. The number of carbonyl (C=O) groups is 1. The Morgan fingerprint density at radius 2 is 2.21 bits per heavy atom. The average molecular weight is 381 g/mol. The lowest BCUT2D eigenvalue weighted by Gasteiger charge is -2.38. The van der Waals surface area contributed by atoms with Crippen LogP contribution in [0.15, 0.2) is 52.9 Å². The van der Waals surface area contributed by atoms with Crippen molar-refractivity contribution in [1.82, 2.24) is 9.88 Å². The van der Waals surface area contributed by atoms with Gasteiger partial charge in [-0.3, -0.25) is 9.69 Å². The molecule has 3 N–H and O–H groups in total. The molecule has 0 bridgehead atoms. The highest BCUT2D eigenvalue weighted by Crippen LogP contribution is 2.31. The number of aromatic nitrogens is 1. The van der Waals surface area contributed by atoms with Crippen molar-refractivity contribution < 1.29 is 9.53 Å². The summed E-state index contributed by atoms with van der Waals surface area (Å²) < 4.78 is 5.65. The van der Waals surface area contributed by atoms with E-state index in [4.69, 9.17) is 10.5 Å². The molecule has 1 aromatic rings. The van der Waals surface area contributed by atoms with Crippen LogP contribution in [0.4, 0.5) is 5.82 Å². The fraction of sp³-hybridized carbons (Fsp3) is 0.381. The van der Waals surface area contributed by atoms with Crippen molar-refractivity contribution in [3.8, 4) is 0 Å². The van der Waals surface area contributed by atoms with E-state index in [1.54, 1.807) is 11.1 Å². The van der Waals surface area contributed by atoms with E-state index in [2.05, 4.69) is 21.9 Å². The maximum absolute atomic E-state index is 13.5.